The number of methoxy groups -OCH3 is 2. The normalized spacial score (nSPS) is 15.3. The first-order valence-corrected chi connectivity index (χ1v) is 12.9. The first kappa shape index (κ1) is 26.3. The fourth-order valence-electron chi connectivity index (χ4n) is 4.38. The van der Waals surface area contributed by atoms with Gasteiger partial charge in [-0.05, 0) is 45.9 Å². The van der Waals surface area contributed by atoms with E-state index >= 15 is 0 Å². The van der Waals surface area contributed by atoms with Gasteiger partial charge in [0.1, 0.15) is 23.3 Å². The smallest absolute Gasteiger partial charge is 0.338 e. The minimum Gasteiger partial charge on any atom is -0.497 e. The van der Waals surface area contributed by atoms with Gasteiger partial charge in [0.2, 0.25) is 0 Å². The van der Waals surface area contributed by atoms with Crippen molar-refractivity contribution in [2.75, 3.05) is 38.8 Å². The van der Waals surface area contributed by atoms with Crippen LogP contribution < -0.4 is 29.3 Å². The van der Waals surface area contributed by atoms with Crippen molar-refractivity contribution in [2.45, 2.75) is 33.7 Å². The third-order valence-electron chi connectivity index (χ3n) is 6.21. The van der Waals surface area contributed by atoms with E-state index in [0.717, 1.165) is 19.0 Å². The highest BCUT2D eigenvalue weighted by Gasteiger charge is 2.35. The second-order valence-corrected chi connectivity index (χ2v) is 9.27. The summed E-state index contributed by atoms with van der Waals surface area (Å²) in [6.45, 7) is 9.41. The van der Waals surface area contributed by atoms with E-state index < -0.39 is 12.0 Å². The average Bonchev–Trinajstić information content (AvgIpc) is 3.48. The topological polar surface area (TPSA) is 95.5 Å². The van der Waals surface area contributed by atoms with Crippen LogP contribution in [0.4, 0.5) is 5.88 Å². The van der Waals surface area contributed by atoms with Gasteiger partial charge < -0.3 is 23.5 Å². The molecule has 0 saturated carbocycles. The first-order chi connectivity index (χ1) is 17.9. The average molecular weight is 526 g/mol. The third kappa shape index (κ3) is 4.93. The van der Waals surface area contributed by atoms with Gasteiger partial charge in [-0.2, -0.15) is 0 Å². The second kappa shape index (κ2) is 11.1. The van der Waals surface area contributed by atoms with Gasteiger partial charge in [-0.1, -0.05) is 11.3 Å². The van der Waals surface area contributed by atoms with Crippen LogP contribution in [0.5, 0.6) is 11.5 Å². The Labute approximate surface area is 218 Å². The van der Waals surface area contributed by atoms with Crippen molar-refractivity contribution in [1.29, 1.82) is 0 Å². The Morgan fingerprint density at radius 3 is 2.57 bits per heavy atom. The molecule has 0 amide bonds. The van der Waals surface area contributed by atoms with Crippen molar-refractivity contribution < 1.29 is 23.4 Å². The zero-order valence-electron chi connectivity index (χ0n) is 21.9. The summed E-state index contributed by atoms with van der Waals surface area (Å²) in [5.41, 5.74) is 1.10. The molecule has 0 unspecified atom stereocenters. The minimum atomic E-state index is -0.791. The van der Waals surface area contributed by atoms with E-state index in [9.17, 15) is 9.59 Å². The Kier molecular flexibility index (Phi) is 7.87. The number of benzene rings is 1. The highest BCUT2D eigenvalue weighted by molar-refractivity contribution is 7.07. The van der Waals surface area contributed by atoms with Crippen LogP contribution in [0.2, 0.25) is 0 Å². The van der Waals surface area contributed by atoms with Crippen LogP contribution in [0.25, 0.3) is 6.08 Å². The van der Waals surface area contributed by atoms with Crippen molar-refractivity contribution in [3.8, 4) is 11.5 Å². The van der Waals surface area contributed by atoms with E-state index in [1.54, 1.807) is 45.2 Å². The SMILES string of the molecule is CCOC(=O)C1=C(C)N=c2sc(=Cc3ccc(N(CC)CC)o3)c(=O)n2[C@H]1c1ccc(OC)cc1OC. The van der Waals surface area contributed by atoms with Crippen LogP contribution in [0.3, 0.4) is 0 Å². The summed E-state index contributed by atoms with van der Waals surface area (Å²) in [5, 5.41) is 0. The quantitative estimate of drug-likeness (QED) is 0.396. The van der Waals surface area contributed by atoms with Crippen LogP contribution in [0.15, 0.2) is 55.8 Å². The third-order valence-corrected chi connectivity index (χ3v) is 7.20. The lowest BCUT2D eigenvalue weighted by Crippen LogP contribution is -2.40. The van der Waals surface area contributed by atoms with Gasteiger partial charge in [0.25, 0.3) is 5.56 Å². The summed E-state index contributed by atoms with van der Waals surface area (Å²) in [5.74, 6) is 1.84. The molecule has 1 aliphatic heterocycles. The molecule has 4 rings (SSSR count). The van der Waals surface area contributed by atoms with Crippen molar-refractivity contribution >= 4 is 29.3 Å². The molecule has 0 bridgehead atoms. The zero-order chi connectivity index (χ0) is 26.7. The predicted molar refractivity (Wildman–Crippen MR) is 142 cm³/mol. The summed E-state index contributed by atoms with van der Waals surface area (Å²) in [4.78, 5) is 34.1. The van der Waals surface area contributed by atoms with Gasteiger partial charge >= 0.3 is 5.97 Å². The van der Waals surface area contributed by atoms with Crippen LogP contribution in [-0.2, 0) is 9.53 Å². The summed E-state index contributed by atoms with van der Waals surface area (Å²) < 4.78 is 24.3. The van der Waals surface area contributed by atoms with Crippen molar-refractivity contribution in [3.05, 3.63) is 72.6 Å². The molecule has 10 heteroatoms. The Hall–Kier alpha value is -3.79. The molecule has 0 radical (unpaired) electrons. The number of anilines is 1. The number of hydrogen-bond donors (Lipinski definition) is 0. The number of allylic oxidation sites excluding steroid dienone is 1. The molecule has 0 fully saturated rings. The lowest BCUT2D eigenvalue weighted by molar-refractivity contribution is -0.139. The Morgan fingerprint density at radius 2 is 1.92 bits per heavy atom. The van der Waals surface area contributed by atoms with Gasteiger partial charge in [-0.3, -0.25) is 9.36 Å². The number of hydrogen-bond acceptors (Lipinski definition) is 9. The molecule has 3 heterocycles. The molecule has 0 spiro atoms. The molecule has 1 aromatic carbocycles. The van der Waals surface area contributed by atoms with Crippen LogP contribution >= 0.6 is 11.3 Å². The van der Waals surface area contributed by atoms with E-state index in [4.69, 9.17) is 18.6 Å². The fraction of sp³-hybridized carbons (Fsp3) is 0.370. The molecule has 196 valence electrons. The molecule has 1 aliphatic rings. The largest absolute Gasteiger partial charge is 0.497 e. The van der Waals surface area contributed by atoms with E-state index in [1.165, 1.54) is 23.0 Å². The Balaban J connectivity index is 1.92. The Morgan fingerprint density at radius 1 is 1.16 bits per heavy atom. The maximum absolute atomic E-state index is 13.8. The summed E-state index contributed by atoms with van der Waals surface area (Å²) in [6, 6.07) is 8.22. The summed E-state index contributed by atoms with van der Waals surface area (Å²) in [6.07, 6.45) is 1.71. The molecular weight excluding hydrogens is 494 g/mol. The van der Waals surface area contributed by atoms with Gasteiger partial charge in [0, 0.05) is 36.9 Å². The molecule has 9 nitrogen and oxygen atoms in total. The van der Waals surface area contributed by atoms with E-state index in [-0.39, 0.29) is 17.7 Å². The zero-order valence-corrected chi connectivity index (χ0v) is 22.7. The summed E-state index contributed by atoms with van der Waals surface area (Å²) >= 11 is 1.24. The van der Waals surface area contributed by atoms with Crippen LogP contribution in [0.1, 0.15) is 45.1 Å². The first-order valence-electron chi connectivity index (χ1n) is 12.1. The number of furan rings is 1. The minimum absolute atomic E-state index is 0.194. The second-order valence-electron chi connectivity index (χ2n) is 8.26. The highest BCUT2D eigenvalue weighted by atomic mass is 32.1. The number of ether oxygens (including phenoxy) is 3. The maximum atomic E-state index is 13.8. The lowest BCUT2D eigenvalue weighted by atomic mass is 9.95. The molecule has 3 aromatic rings. The standard InChI is InChI=1S/C27H31N3O6S/c1-7-29(8-2)22-13-11-18(36-22)15-21-25(31)30-24(19-12-10-17(33-5)14-20(19)34-6)23(26(32)35-9-3)16(4)28-27(30)37-21/h10-15,24H,7-9H2,1-6H3/t24-/m0/s1. The van der Waals surface area contributed by atoms with Gasteiger partial charge in [-0.25, -0.2) is 9.79 Å². The van der Waals surface area contributed by atoms with Crippen molar-refractivity contribution in [3.63, 3.8) is 0 Å². The fourth-order valence-corrected chi connectivity index (χ4v) is 5.41. The van der Waals surface area contributed by atoms with Crippen LogP contribution in [-0.4, -0.2) is 44.5 Å². The van der Waals surface area contributed by atoms with Crippen molar-refractivity contribution in [1.82, 2.24) is 4.57 Å². The monoisotopic (exact) mass is 525 g/mol. The highest BCUT2D eigenvalue weighted by Crippen LogP contribution is 2.37. The van der Waals surface area contributed by atoms with Crippen LogP contribution in [0, 0.1) is 0 Å². The van der Waals surface area contributed by atoms with Crippen molar-refractivity contribution in [2.24, 2.45) is 4.99 Å². The van der Waals surface area contributed by atoms with E-state index in [0.29, 0.717) is 37.9 Å². The number of esters is 1. The molecule has 0 N–H and O–H groups in total. The van der Waals surface area contributed by atoms with E-state index in [1.807, 2.05) is 12.1 Å². The predicted octanol–water partition coefficient (Wildman–Crippen LogP) is 3.25. The molecule has 37 heavy (non-hydrogen) atoms. The number of aromatic nitrogens is 1. The van der Waals surface area contributed by atoms with E-state index in [2.05, 4.69) is 23.7 Å². The van der Waals surface area contributed by atoms with Gasteiger partial charge in [0.05, 0.1) is 36.6 Å². The number of carbonyl (C=O) groups excluding carboxylic acids is 1. The number of thiazole rings is 1. The number of rotatable bonds is 9. The molecule has 1 atom stereocenters. The number of fused-ring (bicyclic) bond motifs is 1. The molecular formula is C27H31N3O6S. The number of carbonyl (C=O) groups is 1. The van der Waals surface area contributed by atoms with Gasteiger partial charge in [-0.15, -0.1) is 0 Å². The lowest BCUT2D eigenvalue weighted by Gasteiger charge is -2.26. The maximum Gasteiger partial charge on any atom is 0.338 e. The van der Waals surface area contributed by atoms with Gasteiger partial charge in [0.15, 0.2) is 10.7 Å². The Bertz CT molecular complexity index is 1510. The number of nitrogens with zero attached hydrogens (tertiary/aromatic N) is 3. The molecule has 0 aliphatic carbocycles. The molecule has 2 aromatic heterocycles. The summed E-state index contributed by atoms with van der Waals surface area (Å²) in [7, 11) is 3.10. The molecule has 0 saturated heterocycles.